The number of H-pyrrole nitrogens is 1. The molecule has 0 spiro atoms. The van der Waals surface area contributed by atoms with Crippen molar-refractivity contribution in [1.29, 1.82) is 0 Å². The average Bonchev–Trinajstić information content (AvgIpc) is 3.00. The Labute approximate surface area is 176 Å². The van der Waals surface area contributed by atoms with Crippen molar-refractivity contribution in [3.05, 3.63) is 58.7 Å². The lowest BCUT2D eigenvalue weighted by molar-refractivity contribution is -0.119. The Morgan fingerprint density at radius 3 is 1.83 bits per heavy atom. The number of para-hydroxylation sites is 1. The molecule has 0 bridgehead atoms. The van der Waals surface area contributed by atoms with Crippen molar-refractivity contribution < 1.29 is 19.8 Å². The minimum atomic E-state index is -0.784. The van der Waals surface area contributed by atoms with Gasteiger partial charge in [-0.1, -0.05) is 45.9 Å². The van der Waals surface area contributed by atoms with E-state index in [1.54, 1.807) is 6.20 Å². The van der Waals surface area contributed by atoms with Gasteiger partial charge in [-0.3, -0.25) is 9.59 Å². The molecule has 158 valence electrons. The second-order valence-electron chi connectivity index (χ2n) is 10.3. The maximum atomic E-state index is 13.2. The molecule has 1 aromatic carbocycles. The minimum absolute atomic E-state index is 0.0180. The van der Waals surface area contributed by atoms with E-state index in [0.717, 1.165) is 16.5 Å². The summed E-state index contributed by atoms with van der Waals surface area (Å²) in [4.78, 5) is 29.7. The third kappa shape index (κ3) is 3.47. The van der Waals surface area contributed by atoms with Gasteiger partial charge in [-0.2, -0.15) is 0 Å². The zero-order valence-corrected chi connectivity index (χ0v) is 18.0. The van der Waals surface area contributed by atoms with E-state index in [0.29, 0.717) is 25.7 Å². The van der Waals surface area contributed by atoms with Gasteiger partial charge in [0.2, 0.25) is 0 Å². The normalized spacial score (nSPS) is 21.8. The van der Waals surface area contributed by atoms with Crippen LogP contribution in [0.25, 0.3) is 10.9 Å². The van der Waals surface area contributed by atoms with Crippen LogP contribution in [0.3, 0.4) is 0 Å². The van der Waals surface area contributed by atoms with Crippen LogP contribution in [0.2, 0.25) is 0 Å². The van der Waals surface area contributed by atoms with Crippen molar-refractivity contribution in [2.45, 2.75) is 59.3 Å². The number of hydrogen-bond acceptors (Lipinski definition) is 4. The van der Waals surface area contributed by atoms with Gasteiger partial charge < -0.3 is 15.2 Å². The second kappa shape index (κ2) is 6.86. The first-order chi connectivity index (χ1) is 14.0. The first-order valence-electron chi connectivity index (χ1n) is 10.5. The Balaban J connectivity index is 1.98. The largest absolute Gasteiger partial charge is 0.512 e. The molecule has 5 nitrogen and oxygen atoms in total. The number of carbonyl (C=O) groups is 2. The van der Waals surface area contributed by atoms with E-state index in [-0.39, 0.29) is 45.1 Å². The molecule has 30 heavy (non-hydrogen) atoms. The monoisotopic (exact) mass is 407 g/mol. The van der Waals surface area contributed by atoms with Crippen molar-refractivity contribution in [3.63, 3.8) is 0 Å². The third-order valence-electron chi connectivity index (χ3n) is 6.30. The van der Waals surface area contributed by atoms with Crippen molar-refractivity contribution in [3.8, 4) is 0 Å². The number of aromatic nitrogens is 1. The maximum Gasteiger partial charge on any atom is 0.163 e. The Kier molecular flexibility index (Phi) is 4.68. The van der Waals surface area contributed by atoms with Gasteiger partial charge in [0.15, 0.2) is 11.6 Å². The third-order valence-corrected chi connectivity index (χ3v) is 6.30. The summed E-state index contributed by atoms with van der Waals surface area (Å²) in [5.74, 6) is -1.09. The van der Waals surface area contributed by atoms with Gasteiger partial charge >= 0.3 is 0 Å². The van der Waals surface area contributed by atoms with Crippen LogP contribution in [0.1, 0.15) is 64.9 Å². The van der Waals surface area contributed by atoms with Crippen molar-refractivity contribution in [2.24, 2.45) is 10.8 Å². The molecule has 2 aromatic rings. The molecule has 0 saturated carbocycles. The van der Waals surface area contributed by atoms with Crippen LogP contribution >= 0.6 is 0 Å². The number of allylic oxidation sites excluding steroid dienone is 4. The zero-order valence-electron chi connectivity index (χ0n) is 18.0. The molecular formula is C25H29NO4. The average molecular weight is 408 g/mol. The van der Waals surface area contributed by atoms with Crippen LogP contribution < -0.4 is 0 Å². The van der Waals surface area contributed by atoms with E-state index in [1.165, 1.54) is 0 Å². The second-order valence-corrected chi connectivity index (χ2v) is 10.3. The minimum Gasteiger partial charge on any atom is -0.512 e. The summed E-state index contributed by atoms with van der Waals surface area (Å²) in [6.07, 6.45) is 3.09. The fourth-order valence-electron chi connectivity index (χ4n) is 5.05. The first-order valence-corrected chi connectivity index (χ1v) is 10.5. The topological polar surface area (TPSA) is 90.4 Å². The number of hydrogen-bond donors (Lipinski definition) is 3. The van der Waals surface area contributed by atoms with Gasteiger partial charge in [0, 0.05) is 59.8 Å². The quantitative estimate of drug-likeness (QED) is 0.613. The number of Topliss-reactive ketones (excluding diaryl/α,β-unsaturated/α-hetero) is 2. The van der Waals surface area contributed by atoms with Gasteiger partial charge in [0.1, 0.15) is 11.5 Å². The first kappa shape index (κ1) is 20.5. The number of nitrogens with one attached hydrogen (secondary N) is 1. The van der Waals surface area contributed by atoms with Crippen LogP contribution in [-0.4, -0.2) is 26.8 Å². The van der Waals surface area contributed by atoms with E-state index in [2.05, 4.69) is 4.98 Å². The summed E-state index contributed by atoms with van der Waals surface area (Å²) >= 11 is 0. The number of benzene rings is 1. The molecule has 0 amide bonds. The van der Waals surface area contributed by atoms with Crippen LogP contribution in [0.15, 0.2) is 53.1 Å². The van der Waals surface area contributed by atoms with E-state index >= 15 is 0 Å². The number of ketones is 2. The predicted molar refractivity (Wildman–Crippen MR) is 116 cm³/mol. The van der Waals surface area contributed by atoms with E-state index < -0.39 is 5.92 Å². The number of rotatable bonds is 3. The van der Waals surface area contributed by atoms with Crippen molar-refractivity contribution in [2.75, 3.05) is 0 Å². The van der Waals surface area contributed by atoms with Gasteiger partial charge in [-0.15, -0.1) is 0 Å². The molecule has 5 heteroatoms. The molecule has 0 atom stereocenters. The number of aliphatic hydroxyl groups is 2. The lowest BCUT2D eigenvalue weighted by Crippen LogP contribution is -2.33. The number of carbonyl (C=O) groups excluding carboxylic acids is 2. The molecule has 0 unspecified atom stereocenters. The Morgan fingerprint density at radius 2 is 1.33 bits per heavy atom. The molecule has 2 aliphatic rings. The Hall–Kier alpha value is -2.82. The lowest BCUT2D eigenvalue weighted by Gasteiger charge is -2.36. The fraction of sp³-hybridized carbons (Fsp3) is 0.440. The Bertz CT molecular complexity index is 1060. The molecule has 0 fully saturated rings. The summed E-state index contributed by atoms with van der Waals surface area (Å²) in [5.41, 5.74) is 1.41. The smallest absolute Gasteiger partial charge is 0.163 e. The van der Waals surface area contributed by atoms with Gasteiger partial charge in [0.25, 0.3) is 0 Å². The summed E-state index contributed by atoms with van der Waals surface area (Å²) in [6, 6.07) is 7.66. The van der Waals surface area contributed by atoms with Gasteiger partial charge in [-0.05, 0) is 22.5 Å². The highest BCUT2D eigenvalue weighted by Crippen LogP contribution is 2.48. The molecule has 0 saturated heterocycles. The molecule has 1 heterocycles. The van der Waals surface area contributed by atoms with Crippen LogP contribution in [0, 0.1) is 10.8 Å². The standard InChI is InChI=1S/C25H29NO4/c1-24(2)9-17(27)22(18(28)10-24)21(15-13-26-16-8-6-5-7-14(15)16)23-19(29)11-25(3,4)12-20(23)30/h5-8,13,21,26-27,29H,9-12H2,1-4H3. The molecule has 2 aliphatic carbocycles. The highest BCUT2D eigenvalue weighted by molar-refractivity contribution is 6.06. The summed E-state index contributed by atoms with van der Waals surface area (Å²) in [6.45, 7) is 7.79. The molecule has 1 aromatic heterocycles. The van der Waals surface area contributed by atoms with Crippen LogP contribution in [0.4, 0.5) is 0 Å². The predicted octanol–water partition coefficient (Wildman–Crippen LogP) is 5.65. The van der Waals surface area contributed by atoms with E-state index in [4.69, 9.17) is 0 Å². The van der Waals surface area contributed by atoms with Gasteiger partial charge in [0.05, 0.1) is 0 Å². The fourth-order valence-corrected chi connectivity index (χ4v) is 5.05. The Morgan fingerprint density at radius 1 is 0.833 bits per heavy atom. The lowest BCUT2D eigenvalue weighted by atomic mass is 9.67. The van der Waals surface area contributed by atoms with Crippen LogP contribution in [-0.2, 0) is 9.59 Å². The summed E-state index contributed by atoms with van der Waals surface area (Å²) < 4.78 is 0. The number of aliphatic hydroxyl groups excluding tert-OH is 2. The SMILES string of the molecule is CC1(C)CC(=O)C(C(C2=C(O)CC(C)(C)CC2=O)c2c[nH]c3ccccc23)=C(O)C1. The number of fused-ring (bicyclic) bond motifs is 1. The van der Waals surface area contributed by atoms with Crippen molar-refractivity contribution in [1.82, 2.24) is 4.98 Å². The highest BCUT2D eigenvalue weighted by Gasteiger charge is 2.44. The maximum absolute atomic E-state index is 13.2. The molecule has 4 rings (SSSR count). The van der Waals surface area contributed by atoms with Crippen molar-refractivity contribution >= 4 is 22.5 Å². The zero-order chi connectivity index (χ0) is 21.8. The van der Waals surface area contributed by atoms with Gasteiger partial charge in [-0.25, -0.2) is 0 Å². The molecule has 3 N–H and O–H groups in total. The van der Waals surface area contributed by atoms with E-state index in [1.807, 2.05) is 52.0 Å². The molecule has 0 radical (unpaired) electrons. The molecule has 0 aliphatic heterocycles. The van der Waals surface area contributed by atoms with Crippen LogP contribution in [0.5, 0.6) is 0 Å². The molecular weight excluding hydrogens is 378 g/mol. The number of aromatic amines is 1. The van der Waals surface area contributed by atoms with E-state index in [9.17, 15) is 19.8 Å². The summed E-state index contributed by atoms with van der Waals surface area (Å²) in [7, 11) is 0. The highest BCUT2D eigenvalue weighted by atomic mass is 16.3. The summed E-state index contributed by atoms with van der Waals surface area (Å²) in [5, 5.41) is 22.8.